The molecule has 194 valence electrons. The smallest absolute Gasteiger partial charge is 0.295 e. The Morgan fingerprint density at radius 1 is 1.08 bits per heavy atom. The molecule has 2 aromatic rings. The third kappa shape index (κ3) is 6.26. The van der Waals surface area contributed by atoms with Crippen LogP contribution < -0.4 is 9.47 Å². The monoisotopic (exact) mass is 494 g/mol. The number of hydrogen-bond acceptors (Lipinski definition) is 6. The molecule has 0 saturated carbocycles. The number of amides is 1. The summed E-state index contributed by atoms with van der Waals surface area (Å²) in [6.45, 7) is 7.93. The molecular weight excluding hydrogens is 456 g/mol. The minimum absolute atomic E-state index is 0.0873. The van der Waals surface area contributed by atoms with Crippen LogP contribution in [0.3, 0.4) is 0 Å². The Labute approximate surface area is 214 Å². The van der Waals surface area contributed by atoms with Crippen LogP contribution >= 0.6 is 0 Å². The van der Waals surface area contributed by atoms with E-state index in [0.717, 1.165) is 18.5 Å². The number of aliphatic hydroxyl groups excluding tert-OH is 1. The first kappa shape index (κ1) is 27.3. The number of benzene rings is 2. The molecule has 1 fully saturated rings. The lowest BCUT2D eigenvalue weighted by Crippen LogP contribution is -2.32. The summed E-state index contributed by atoms with van der Waals surface area (Å²) in [6.07, 6.45) is 1.60. The number of ketones is 1. The summed E-state index contributed by atoms with van der Waals surface area (Å²) in [4.78, 5) is 30.0. The molecule has 0 aliphatic carbocycles. The van der Waals surface area contributed by atoms with Crippen LogP contribution in [0.2, 0.25) is 0 Å². The summed E-state index contributed by atoms with van der Waals surface area (Å²) in [5.41, 5.74) is 2.30. The van der Waals surface area contributed by atoms with Gasteiger partial charge in [0, 0.05) is 12.1 Å². The van der Waals surface area contributed by atoms with Crippen molar-refractivity contribution in [1.82, 2.24) is 9.80 Å². The molecule has 1 aliphatic rings. The van der Waals surface area contributed by atoms with E-state index in [4.69, 9.17) is 9.47 Å². The highest BCUT2D eigenvalue weighted by Crippen LogP contribution is 2.42. The summed E-state index contributed by atoms with van der Waals surface area (Å²) >= 11 is 0. The fourth-order valence-electron chi connectivity index (χ4n) is 4.26. The molecule has 7 nitrogen and oxygen atoms in total. The zero-order valence-electron chi connectivity index (χ0n) is 22.2. The highest BCUT2D eigenvalue weighted by molar-refractivity contribution is 6.46. The summed E-state index contributed by atoms with van der Waals surface area (Å²) < 4.78 is 11.5. The number of Topliss-reactive ketones (excluding diaryl/α,β-unsaturated/α-hetero) is 1. The van der Waals surface area contributed by atoms with E-state index in [1.165, 1.54) is 0 Å². The second-order valence-corrected chi connectivity index (χ2v) is 9.96. The van der Waals surface area contributed by atoms with Crippen LogP contribution in [0, 0.1) is 12.8 Å². The number of nitrogens with zero attached hydrogens (tertiary/aromatic N) is 2. The van der Waals surface area contributed by atoms with Gasteiger partial charge in [-0.05, 0) is 64.0 Å². The van der Waals surface area contributed by atoms with Gasteiger partial charge in [0.2, 0.25) is 0 Å². The fourth-order valence-corrected chi connectivity index (χ4v) is 4.26. The van der Waals surface area contributed by atoms with Crippen molar-refractivity contribution in [2.75, 3.05) is 40.9 Å². The lowest BCUT2D eigenvalue weighted by Gasteiger charge is -2.26. The molecule has 0 radical (unpaired) electrons. The Balaban J connectivity index is 2.06. The number of carbonyl (C=O) groups excluding carboxylic acids is 2. The number of rotatable bonds is 11. The van der Waals surface area contributed by atoms with Crippen molar-refractivity contribution < 1.29 is 24.2 Å². The fraction of sp³-hybridized carbons (Fsp3) is 0.448. The topological polar surface area (TPSA) is 79.3 Å². The summed E-state index contributed by atoms with van der Waals surface area (Å²) in [6, 6.07) is 12.0. The molecule has 0 bridgehead atoms. The van der Waals surface area contributed by atoms with Gasteiger partial charge in [-0.1, -0.05) is 49.7 Å². The quantitative estimate of drug-likeness (QED) is 0.275. The number of aliphatic hydroxyl groups is 1. The van der Waals surface area contributed by atoms with Gasteiger partial charge in [-0.15, -0.1) is 0 Å². The summed E-state index contributed by atoms with van der Waals surface area (Å²) in [5.74, 6) is 0.168. The maximum Gasteiger partial charge on any atom is 0.295 e. The Kier molecular flexibility index (Phi) is 9.15. The normalized spacial score (nSPS) is 17.3. The number of methoxy groups -OCH3 is 1. The van der Waals surface area contributed by atoms with Crippen LogP contribution in [0.25, 0.3) is 5.76 Å². The van der Waals surface area contributed by atoms with Gasteiger partial charge in [-0.2, -0.15) is 0 Å². The third-order valence-corrected chi connectivity index (χ3v) is 6.33. The second-order valence-electron chi connectivity index (χ2n) is 9.96. The predicted molar refractivity (Wildman–Crippen MR) is 141 cm³/mol. The van der Waals surface area contributed by atoms with E-state index in [-0.39, 0.29) is 11.3 Å². The average molecular weight is 495 g/mol. The first-order valence-corrected chi connectivity index (χ1v) is 12.4. The van der Waals surface area contributed by atoms with Crippen molar-refractivity contribution in [3.05, 3.63) is 64.7 Å². The largest absolute Gasteiger partial charge is 0.507 e. The van der Waals surface area contributed by atoms with Crippen LogP contribution in [0.1, 0.15) is 49.4 Å². The SMILES string of the molecule is COc1cc(C2/C(=C(\O)c3ccc(C)cc3)C(=O)C(=O)N2CCCN(C)C)ccc1OCCC(C)C. The van der Waals surface area contributed by atoms with Gasteiger partial charge in [0.15, 0.2) is 11.5 Å². The van der Waals surface area contributed by atoms with E-state index in [2.05, 4.69) is 13.8 Å². The molecule has 1 unspecified atom stereocenters. The highest BCUT2D eigenvalue weighted by atomic mass is 16.5. The van der Waals surface area contributed by atoms with Gasteiger partial charge in [-0.25, -0.2) is 0 Å². The number of likely N-dealkylation sites (tertiary alicyclic amines) is 1. The van der Waals surface area contributed by atoms with Gasteiger partial charge in [-0.3, -0.25) is 9.59 Å². The van der Waals surface area contributed by atoms with E-state index in [1.807, 2.05) is 44.1 Å². The molecule has 1 amide bonds. The van der Waals surface area contributed by atoms with E-state index >= 15 is 0 Å². The molecule has 1 aliphatic heterocycles. The van der Waals surface area contributed by atoms with Gasteiger partial charge in [0.25, 0.3) is 11.7 Å². The highest BCUT2D eigenvalue weighted by Gasteiger charge is 2.46. The Hall–Kier alpha value is -3.32. The third-order valence-electron chi connectivity index (χ3n) is 6.33. The molecule has 0 aromatic heterocycles. The van der Waals surface area contributed by atoms with E-state index in [9.17, 15) is 14.7 Å². The van der Waals surface area contributed by atoms with E-state index in [1.54, 1.807) is 36.3 Å². The Morgan fingerprint density at radius 3 is 2.39 bits per heavy atom. The van der Waals surface area contributed by atoms with Crippen molar-refractivity contribution in [3.8, 4) is 11.5 Å². The molecule has 3 rings (SSSR count). The molecular formula is C29H38N2O5. The lowest BCUT2D eigenvalue weighted by molar-refractivity contribution is -0.139. The minimum atomic E-state index is -0.730. The van der Waals surface area contributed by atoms with Crippen LogP contribution in [0.5, 0.6) is 11.5 Å². The zero-order chi connectivity index (χ0) is 26.4. The molecule has 1 atom stereocenters. The Morgan fingerprint density at radius 2 is 1.78 bits per heavy atom. The molecule has 1 heterocycles. The number of aryl methyl sites for hydroxylation is 1. The standard InChI is InChI=1S/C29H38N2O5/c1-19(2)14-17-36-23-13-12-22(18-24(23)35-6)26-25(27(32)21-10-8-20(3)9-11-21)28(33)29(34)31(26)16-7-15-30(4)5/h8-13,18-19,26,32H,7,14-17H2,1-6H3/b27-25+. The number of carbonyl (C=O) groups is 2. The van der Waals surface area contributed by atoms with Crippen molar-refractivity contribution in [2.24, 2.45) is 5.92 Å². The van der Waals surface area contributed by atoms with Crippen LogP contribution in [0.15, 0.2) is 48.0 Å². The summed E-state index contributed by atoms with van der Waals surface area (Å²) in [7, 11) is 5.49. The van der Waals surface area contributed by atoms with Crippen LogP contribution in [0.4, 0.5) is 0 Å². The predicted octanol–water partition coefficient (Wildman–Crippen LogP) is 4.80. The number of ether oxygens (including phenoxy) is 2. The molecule has 1 N–H and O–H groups in total. The first-order chi connectivity index (χ1) is 17.1. The minimum Gasteiger partial charge on any atom is -0.507 e. The molecule has 0 spiro atoms. The number of hydrogen-bond donors (Lipinski definition) is 1. The van der Waals surface area contributed by atoms with Crippen molar-refractivity contribution in [3.63, 3.8) is 0 Å². The molecule has 1 saturated heterocycles. The molecule has 2 aromatic carbocycles. The van der Waals surface area contributed by atoms with Crippen molar-refractivity contribution >= 4 is 17.4 Å². The molecule has 36 heavy (non-hydrogen) atoms. The van der Waals surface area contributed by atoms with Gasteiger partial charge in [0.1, 0.15) is 5.76 Å². The van der Waals surface area contributed by atoms with Gasteiger partial charge in [0.05, 0.1) is 25.3 Å². The van der Waals surface area contributed by atoms with Crippen LogP contribution in [-0.4, -0.2) is 67.5 Å². The maximum absolute atomic E-state index is 13.2. The maximum atomic E-state index is 13.2. The zero-order valence-corrected chi connectivity index (χ0v) is 22.2. The first-order valence-electron chi connectivity index (χ1n) is 12.4. The van der Waals surface area contributed by atoms with Crippen molar-refractivity contribution in [2.45, 2.75) is 39.7 Å². The van der Waals surface area contributed by atoms with Crippen molar-refractivity contribution in [1.29, 1.82) is 0 Å². The van der Waals surface area contributed by atoms with Gasteiger partial charge < -0.3 is 24.4 Å². The van der Waals surface area contributed by atoms with E-state index < -0.39 is 17.7 Å². The Bertz CT molecular complexity index is 1110. The summed E-state index contributed by atoms with van der Waals surface area (Å²) in [5, 5.41) is 11.2. The lowest BCUT2D eigenvalue weighted by atomic mass is 9.94. The van der Waals surface area contributed by atoms with Gasteiger partial charge >= 0.3 is 0 Å². The van der Waals surface area contributed by atoms with Crippen LogP contribution in [-0.2, 0) is 9.59 Å². The van der Waals surface area contributed by atoms with E-state index in [0.29, 0.717) is 48.1 Å². The second kappa shape index (κ2) is 12.1. The average Bonchev–Trinajstić information content (AvgIpc) is 3.09. The molecule has 7 heteroatoms.